The fraction of sp³-hybridized carbons (Fsp3) is 0.154. The Balaban J connectivity index is 1.53. The lowest BCUT2D eigenvalue weighted by Gasteiger charge is -2.20. The van der Waals surface area contributed by atoms with Crippen LogP contribution in [0.1, 0.15) is 61.6 Å². The number of carbonyl (C=O) groups excluding carboxylic acids is 4. The van der Waals surface area contributed by atoms with Crippen LogP contribution in [0.25, 0.3) is 0 Å². The maximum absolute atomic E-state index is 13.0. The predicted molar refractivity (Wildman–Crippen MR) is 124 cm³/mol. The second-order valence-electron chi connectivity index (χ2n) is 7.64. The molecule has 0 fully saturated rings. The summed E-state index contributed by atoms with van der Waals surface area (Å²) in [5.74, 6) is -2.17. The van der Waals surface area contributed by atoms with Crippen LogP contribution in [0.3, 0.4) is 0 Å². The van der Waals surface area contributed by atoms with Gasteiger partial charge in [0.15, 0.2) is 17.7 Å². The van der Waals surface area contributed by atoms with Crippen LogP contribution in [0.5, 0.6) is 0 Å². The van der Waals surface area contributed by atoms with Crippen molar-refractivity contribution in [1.29, 1.82) is 0 Å². The van der Waals surface area contributed by atoms with Crippen LogP contribution in [0, 0.1) is 0 Å². The molecule has 0 saturated carbocycles. The van der Waals surface area contributed by atoms with Gasteiger partial charge in [0, 0.05) is 22.4 Å². The van der Waals surface area contributed by atoms with Gasteiger partial charge in [0.1, 0.15) is 0 Å². The highest BCUT2D eigenvalue weighted by Gasteiger charge is 2.33. The third-order valence-electron chi connectivity index (χ3n) is 5.53. The van der Waals surface area contributed by atoms with Gasteiger partial charge in [-0.15, -0.1) is 0 Å². The SMILES string of the molecule is CCc1ccc(NC(=O)C(C)OC(=O)c2ccc3c(c2Cl)C(=O)c2ccccc2C3=O)cc1. The zero-order valence-electron chi connectivity index (χ0n) is 18.0. The normalized spacial score (nSPS) is 13.1. The number of amides is 1. The summed E-state index contributed by atoms with van der Waals surface area (Å²) in [5.41, 5.74) is 2.22. The number of rotatable bonds is 5. The number of hydrogen-bond donors (Lipinski definition) is 1. The van der Waals surface area contributed by atoms with Crippen molar-refractivity contribution in [3.63, 3.8) is 0 Å². The smallest absolute Gasteiger partial charge is 0.340 e. The van der Waals surface area contributed by atoms with Crippen molar-refractivity contribution in [3.05, 3.63) is 99.1 Å². The summed E-state index contributed by atoms with van der Waals surface area (Å²) < 4.78 is 5.29. The number of fused-ring (bicyclic) bond motifs is 2. The number of anilines is 1. The van der Waals surface area contributed by atoms with E-state index in [0.717, 1.165) is 12.0 Å². The highest BCUT2D eigenvalue weighted by atomic mass is 35.5. The van der Waals surface area contributed by atoms with Crippen LogP contribution in [0.15, 0.2) is 60.7 Å². The molecule has 3 aromatic carbocycles. The topological polar surface area (TPSA) is 89.5 Å². The molecule has 1 amide bonds. The predicted octanol–water partition coefficient (Wildman–Crippen LogP) is 4.86. The van der Waals surface area contributed by atoms with Gasteiger partial charge in [-0.1, -0.05) is 54.9 Å². The van der Waals surface area contributed by atoms with E-state index in [1.165, 1.54) is 19.1 Å². The molecule has 1 unspecified atom stereocenters. The minimum Gasteiger partial charge on any atom is -0.449 e. The first-order valence-electron chi connectivity index (χ1n) is 10.4. The average molecular weight is 462 g/mol. The molecule has 166 valence electrons. The highest BCUT2D eigenvalue weighted by molar-refractivity contribution is 6.41. The van der Waals surface area contributed by atoms with Crippen LogP contribution >= 0.6 is 11.6 Å². The summed E-state index contributed by atoms with van der Waals surface area (Å²) in [6.07, 6.45) is -0.239. The number of benzene rings is 3. The van der Waals surface area contributed by atoms with E-state index in [1.54, 1.807) is 36.4 Å². The molecule has 1 aliphatic carbocycles. The number of halogens is 1. The molecule has 6 nitrogen and oxygen atoms in total. The van der Waals surface area contributed by atoms with Gasteiger partial charge in [0.05, 0.1) is 16.1 Å². The summed E-state index contributed by atoms with van der Waals surface area (Å²) in [5, 5.41) is 2.52. The molecule has 1 atom stereocenters. The Morgan fingerprint density at radius 1 is 0.909 bits per heavy atom. The molecule has 0 bridgehead atoms. The number of esters is 1. The Bertz CT molecular complexity index is 1300. The van der Waals surface area contributed by atoms with Crippen molar-refractivity contribution >= 4 is 40.7 Å². The maximum Gasteiger partial charge on any atom is 0.340 e. The number of carbonyl (C=O) groups is 4. The molecule has 0 aliphatic heterocycles. The van der Waals surface area contributed by atoms with Gasteiger partial charge in [-0.3, -0.25) is 14.4 Å². The number of ether oxygens (including phenoxy) is 1. The molecule has 3 aromatic rings. The second kappa shape index (κ2) is 9.00. The number of hydrogen-bond acceptors (Lipinski definition) is 5. The largest absolute Gasteiger partial charge is 0.449 e. The van der Waals surface area contributed by atoms with Gasteiger partial charge in [-0.2, -0.15) is 0 Å². The first-order chi connectivity index (χ1) is 15.8. The number of ketones is 2. The molecular weight excluding hydrogens is 442 g/mol. The first kappa shape index (κ1) is 22.4. The van der Waals surface area contributed by atoms with E-state index >= 15 is 0 Å². The minimum absolute atomic E-state index is 0.0389. The highest BCUT2D eigenvalue weighted by Crippen LogP contribution is 2.34. The van der Waals surface area contributed by atoms with Gasteiger partial charge >= 0.3 is 5.97 Å². The average Bonchev–Trinajstić information content (AvgIpc) is 2.82. The lowest BCUT2D eigenvalue weighted by Crippen LogP contribution is -2.30. The standard InChI is InChI=1S/C26H20ClNO5/c1-3-15-8-10-16(11-9-15)28-25(31)14(2)33-26(32)20-13-12-19-21(22(20)27)24(30)18-7-5-4-6-17(18)23(19)29/h4-14H,3H2,1-2H3,(H,28,31). The fourth-order valence-electron chi connectivity index (χ4n) is 3.65. The molecule has 0 aromatic heterocycles. The van der Waals surface area contributed by atoms with Crippen molar-refractivity contribution in [1.82, 2.24) is 0 Å². The lowest BCUT2D eigenvalue weighted by molar-refractivity contribution is -0.123. The Hall–Kier alpha value is -3.77. The monoisotopic (exact) mass is 461 g/mol. The van der Waals surface area contributed by atoms with Gasteiger partial charge in [0.25, 0.3) is 5.91 Å². The summed E-state index contributed by atoms with van der Waals surface area (Å²) in [6.45, 7) is 3.47. The molecule has 33 heavy (non-hydrogen) atoms. The maximum atomic E-state index is 13.0. The molecular formula is C26H20ClNO5. The zero-order chi connectivity index (χ0) is 23.7. The Morgan fingerprint density at radius 3 is 2.18 bits per heavy atom. The molecule has 0 saturated heterocycles. The van der Waals surface area contributed by atoms with E-state index in [4.69, 9.17) is 16.3 Å². The Kier molecular flexibility index (Phi) is 6.11. The third kappa shape index (κ3) is 4.17. The molecule has 0 radical (unpaired) electrons. The van der Waals surface area contributed by atoms with Gasteiger partial charge in [0.2, 0.25) is 0 Å². The third-order valence-corrected chi connectivity index (χ3v) is 5.93. The molecule has 7 heteroatoms. The van der Waals surface area contributed by atoms with Crippen LogP contribution < -0.4 is 5.32 Å². The first-order valence-corrected chi connectivity index (χ1v) is 10.8. The zero-order valence-corrected chi connectivity index (χ0v) is 18.7. The Morgan fingerprint density at radius 2 is 1.55 bits per heavy atom. The summed E-state index contributed by atoms with van der Waals surface area (Å²) >= 11 is 6.40. The van der Waals surface area contributed by atoms with Crippen LogP contribution in [-0.4, -0.2) is 29.5 Å². The molecule has 4 rings (SSSR count). The fourth-order valence-corrected chi connectivity index (χ4v) is 3.98. The van der Waals surface area contributed by atoms with E-state index < -0.39 is 23.8 Å². The van der Waals surface area contributed by atoms with E-state index in [2.05, 4.69) is 5.32 Å². The summed E-state index contributed by atoms with van der Waals surface area (Å²) in [6, 6.07) is 16.5. The van der Waals surface area contributed by atoms with E-state index in [9.17, 15) is 19.2 Å². The molecule has 0 heterocycles. The van der Waals surface area contributed by atoms with Crippen molar-refractivity contribution in [3.8, 4) is 0 Å². The van der Waals surface area contributed by atoms with E-state index in [-0.39, 0.29) is 33.1 Å². The van der Waals surface area contributed by atoms with Crippen LogP contribution in [0.4, 0.5) is 5.69 Å². The van der Waals surface area contributed by atoms with Crippen molar-refractivity contribution in [2.45, 2.75) is 26.4 Å². The summed E-state index contributed by atoms with van der Waals surface area (Å²) in [4.78, 5) is 51.0. The summed E-state index contributed by atoms with van der Waals surface area (Å²) in [7, 11) is 0. The molecule has 0 spiro atoms. The van der Waals surface area contributed by atoms with Crippen molar-refractivity contribution < 1.29 is 23.9 Å². The second-order valence-corrected chi connectivity index (χ2v) is 8.02. The van der Waals surface area contributed by atoms with Crippen molar-refractivity contribution in [2.75, 3.05) is 5.32 Å². The lowest BCUT2D eigenvalue weighted by atomic mass is 9.83. The van der Waals surface area contributed by atoms with Crippen molar-refractivity contribution in [2.24, 2.45) is 0 Å². The van der Waals surface area contributed by atoms with Crippen LogP contribution in [0.2, 0.25) is 5.02 Å². The van der Waals surface area contributed by atoms with Gasteiger partial charge < -0.3 is 10.1 Å². The van der Waals surface area contributed by atoms with E-state index in [1.807, 2.05) is 19.1 Å². The van der Waals surface area contributed by atoms with E-state index in [0.29, 0.717) is 11.3 Å². The minimum atomic E-state index is -1.12. The quantitative estimate of drug-likeness (QED) is 0.428. The molecule has 1 aliphatic rings. The number of aryl methyl sites for hydroxylation is 1. The van der Waals surface area contributed by atoms with Gasteiger partial charge in [-0.25, -0.2) is 4.79 Å². The van der Waals surface area contributed by atoms with Gasteiger partial charge in [-0.05, 0) is 43.2 Å². The Labute approximate surface area is 195 Å². The molecule has 1 N–H and O–H groups in total. The van der Waals surface area contributed by atoms with Crippen LogP contribution in [-0.2, 0) is 16.0 Å². The number of nitrogens with one attached hydrogen (secondary N) is 1.